The normalized spacial score (nSPS) is 12.4. The molecule has 1 heterocycles. The van der Waals surface area contributed by atoms with E-state index >= 15 is 0 Å². The Labute approximate surface area is 104 Å². The fraction of sp³-hybridized carbons (Fsp3) is 0.333. The fourth-order valence-corrected chi connectivity index (χ4v) is 1.84. The minimum absolute atomic E-state index is 0.244. The number of hydrogen-bond acceptors (Lipinski definition) is 2. The monoisotopic (exact) mass is 224 g/mol. The number of phenolic OH excluding ortho intramolecular Hbond substituents is 1. The summed E-state index contributed by atoms with van der Waals surface area (Å²) in [6, 6.07) is 5.36. The van der Waals surface area contributed by atoms with E-state index in [9.17, 15) is 5.11 Å². The molecule has 0 fully saturated rings. The van der Waals surface area contributed by atoms with Crippen molar-refractivity contribution in [1.29, 1.82) is 0 Å². The maximum absolute atomic E-state index is 9.86. The van der Waals surface area contributed by atoms with Gasteiger partial charge in [-0.3, -0.25) is 0 Å². The van der Waals surface area contributed by atoms with Crippen LogP contribution < -0.4 is 0 Å². The summed E-state index contributed by atoms with van der Waals surface area (Å²) in [6.45, 7) is 0. The zero-order chi connectivity index (χ0) is 12.6. The van der Waals surface area contributed by atoms with Gasteiger partial charge in [0.15, 0.2) is 0 Å². The van der Waals surface area contributed by atoms with Gasteiger partial charge in [0.2, 0.25) is 0 Å². The van der Waals surface area contributed by atoms with Crippen LogP contribution in [0.15, 0.2) is 24.4 Å². The molecule has 0 spiro atoms. The summed E-state index contributed by atoms with van der Waals surface area (Å²) in [4.78, 5) is 4.86. The Hall–Kier alpha value is -1.35. The van der Waals surface area contributed by atoms with Gasteiger partial charge in [0.25, 0.3) is 0 Å². The summed E-state index contributed by atoms with van der Waals surface area (Å²) in [6.07, 6.45) is 2.29. The summed E-state index contributed by atoms with van der Waals surface area (Å²) in [5.74, 6) is 0.244. The van der Waals surface area contributed by atoms with Crippen molar-refractivity contribution in [2.75, 3.05) is 14.1 Å². The van der Waals surface area contributed by atoms with E-state index in [-0.39, 0.29) is 5.75 Å². The van der Waals surface area contributed by atoms with Gasteiger partial charge in [-0.2, -0.15) is 0 Å². The molecule has 2 N–H and O–H groups in total. The van der Waals surface area contributed by atoms with Gasteiger partial charge in [-0.15, -0.1) is 0 Å². The van der Waals surface area contributed by atoms with Crippen LogP contribution >= 0.6 is 0 Å². The van der Waals surface area contributed by atoms with Crippen molar-refractivity contribution in [3.05, 3.63) is 30.0 Å². The second-order valence-corrected chi connectivity index (χ2v) is 4.58. The Morgan fingerprint density at radius 1 is 1.35 bits per heavy atom. The first kappa shape index (κ1) is 12.1. The van der Waals surface area contributed by atoms with Crippen molar-refractivity contribution in [1.82, 2.24) is 9.88 Å². The number of rotatable bonds is 3. The van der Waals surface area contributed by atoms with E-state index in [0.717, 1.165) is 16.5 Å². The van der Waals surface area contributed by atoms with Gasteiger partial charge in [-0.25, -0.2) is 0 Å². The van der Waals surface area contributed by atoms with Gasteiger partial charge in [-0.05, 0) is 43.5 Å². The Balaban J connectivity index is 2.44. The number of fused-ring (bicyclic) bond motifs is 1. The average molecular weight is 224 g/mol. The van der Waals surface area contributed by atoms with Crippen molar-refractivity contribution in [2.24, 2.45) is 0 Å². The van der Waals surface area contributed by atoms with Gasteiger partial charge in [0.05, 0.1) is 15.7 Å². The third kappa shape index (κ3) is 2.20. The molecule has 0 saturated carbocycles. The third-order valence-corrected chi connectivity index (χ3v) is 3.07. The van der Waals surface area contributed by atoms with Crippen LogP contribution in [0.3, 0.4) is 0 Å². The smallest absolute Gasteiger partial charge is 0.125 e. The largest absolute Gasteiger partial charge is 0.507 e. The van der Waals surface area contributed by atoms with Crippen LogP contribution in [0.4, 0.5) is 0 Å². The molecular weight excluding hydrogens is 210 g/mol. The van der Waals surface area contributed by atoms with E-state index in [0.29, 0.717) is 6.42 Å². The summed E-state index contributed by atoms with van der Waals surface area (Å²) >= 11 is 0. The molecule has 0 unspecified atom stereocenters. The number of aromatic hydroxyl groups is 1. The number of benzene rings is 1. The minimum Gasteiger partial charge on any atom is -0.507 e. The van der Waals surface area contributed by atoms with E-state index in [4.69, 9.17) is 15.7 Å². The molecule has 0 aliphatic heterocycles. The lowest BCUT2D eigenvalue weighted by atomic mass is 9.58. The van der Waals surface area contributed by atoms with Crippen LogP contribution in [0.25, 0.3) is 10.9 Å². The second kappa shape index (κ2) is 4.15. The minimum atomic E-state index is -0.933. The van der Waals surface area contributed by atoms with Gasteiger partial charge in [-0.1, -0.05) is 6.07 Å². The zero-order valence-corrected chi connectivity index (χ0v) is 10.1. The number of aromatic nitrogens is 1. The highest BCUT2D eigenvalue weighted by Gasteiger charge is 2.22. The molecule has 0 bridgehead atoms. The van der Waals surface area contributed by atoms with Crippen LogP contribution in [0, 0.1) is 0 Å². The molecule has 0 saturated heterocycles. The van der Waals surface area contributed by atoms with E-state index in [1.54, 1.807) is 17.0 Å². The number of aromatic amines is 1. The van der Waals surface area contributed by atoms with Crippen LogP contribution in [0.2, 0.25) is 0 Å². The quantitative estimate of drug-likeness (QED) is 0.762. The highest BCUT2D eigenvalue weighted by atomic mass is 16.3. The first-order chi connectivity index (χ1) is 7.92. The lowest BCUT2D eigenvalue weighted by Gasteiger charge is -2.33. The second-order valence-electron chi connectivity index (χ2n) is 4.58. The molecule has 3 nitrogen and oxygen atoms in total. The molecule has 4 radical (unpaired) electrons. The van der Waals surface area contributed by atoms with E-state index in [1.165, 1.54) is 0 Å². The topological polar surface area (TPSA) is 39.3 Å². The number of nitrogens with one attached hydrogen (secondary N) is 1. The maximum Gasteiger partial charge on any atom is 0.125 e. The van der Waals surface area contributed by atoms with E-state index < -0.39 is 5.34 Å². The summed E-state index contributed by atoms with van der Waals surface area (Å²) in [5.41, 5.74) is 1.80. The number of likely N-dealkylation sites (N-methyl/N-ethyl adjacent to an activating group) is 1. The summed E-state index contributed by atoms with van der Waals surface area (Å²) in [7, 11) is 15.7. The molecule has 0 aliphatic carbocycles. The molecule has 2 rings (SSSR count). The van der Waals surface area contributed by atoms with Crippen molar-refractivity contribution in [3.63, 3.8) is 0 Å². The van der Waals surface area contributed by atoms with Gasteiger partial charge >= 0.3 is 0 Å². The van der Waals surface area contributed by atoms with Crippen molar-refractivity contribution in [3.8, 4) is 5.75 Å². The zero-order valence-electron chi connectivity index (χ0n) is 10.1. The highest BCUT2D eigenvalue weighted by Crippen LogP contribution is 2.29. The number of H-pyrrole nitrogens is 1. The third-order valence-electron chi connectivity index (χ3n) is 3.07. The Kier molecular flexibility index (Phi) is 2.96. The Morgan fingerprint density at radius 3 is 2.71 bits per heavy atom. The van der Waals surface area contributed by atoms with E-state index in [2.05, 4.69) is 4.98 Å². The summed E-state index contributed by atoms with van der Waals surface area (Å²) < 4.78 is 0. The molecule has 0 aliphatic rings. The van der Waals surface area contributed by atoms with Crippen LogP contribution in [0.5, 0.6) is 5.75 Å². The SMILES string of the molecule is [B]C([B])(Cc1c[nH]c2cccc(O)c12)N(C)C. The first-order valence-corrected chi connectivity index (χ1v) is 5.45. The Morgan fingerprint density at radius 2 is 2.06 bits per heavy atom. The molecule has 2 aromatic rings. The maximum atomic E-state index is 9.86. The average Bonchev–Trinajstić information content (AvgIpc) is 2.62. The van der Waals surface area contributed by atoms with Gasteiger partial charge in [0.1, 0.15) is 5.75 Å². The van der Waals surface area contributed by atoms with Crippen molar-refractivity contribution < 1.29 is 5.11 Å². The lowest BCUT2D eigenvalue weighted by molar-refractivity contribution is 0.334. The molecule has 0 amide bonds. The molecule has 84 valence electrons. The van der Waals surface area contributed by atoms with Gasteiger partial charge in [0, 0.05) is 17.1 Å². The van der Waals surface area contributed by atoms with Crippen LogP contribution in [0.1, 0.15) is 5.56 Å². The number of hydrogen-bond donors (Lipinski definition) is 2. The Bertz CT molecular complexity index is 534. The van der Waals surface area contributed by atoms with Crippen molar-refractivity contribution >= 4 is 26.6 Å². The van der Waals surface area contributed by atoms with Gasteiger partial charge < -0.3 is 15.0 Å². The number of phenols is 1. The fourth-order valence-electron chi connectivity index (χ4n) is 1.84. The van der Waals surface area contributed by atoms with Crippen molar-refractivity contribution in [2.45, 2.75) is 11.8 Å². The molecular formula is C12H14B2N2O. The molecule has 5 heteroatoms. The van der Waals surface area contributed by atoms with Crippen LogP contribution in [-0.2, 0) is 6.42 Å². The molecule has 17 heavy (non-hydrogen) atoms. The highest BCUT2D eigenvalue weighted by molar-refractivity contribution is 6.40. The van der Waals surface area contributed by atoms with E-state index in [1.807, 2.05) is 26.4 Å². The lowest BCUT2D eigenvalue weighted by Crippen LogP contribution is -2.47. The molecule has 0 atom stereocenters. The molecule has 1 aromatic carbocycles. The number of nitrogens with zero attached hydrogens (tertiary/aromatic N) is 1. The predicted octanol–water partition coefficient (Wildman–Crippen LogP) is 0.968. The van der Waals surface area contributed by atoms with Crippen LogP contribution in [-0.4, -0.2) is 50.1 Å². The first-order valence-electron chi connectivity index (χ1n) is 5.45. The predicted molar refractivity (Wildman–Crippen MR) is 71.6 cm³/mol. The standard InChI is InChI=1S/C12H14B2N2O/c1-16(2)12(13,14)6-8-7-15-9-4-3-5-10(17)11(8)9/h3-5,7,15,17H,6H2,1-2H3. The summed E-state index contributed by atoms with van der Waals surface area (Å²) in [5, 5.41) is 9.71. The molecule has 1 aromatic heterocycles.